The van der Waals surface area contributed by atoms with Crippen molar-refractivity contribution in [2.24, 2.45) is 0 Å². The van der Waals surface area contributed by atoms with Crippen LogP contribution in [0.1, 0.15) is 11.5 Å². The summed E-state index contributed by atoms with van der Waals surface area (Å²) in [6.07, 6.45) is 4.93. The maximum Gasteiger partial charge on any atom is 0.293 e. The fraction of sp³-hybridized carbons (Fsp3) is 0.0714. The Balaban J connectivity index is 1.80. The summed E-state index contributed by atoms with van der Waals surface area (Å²) in [5.41, 5.74) is 1.66. The van der Waals surface area contributed by atoms with Crippen LogP contribution in [-0.4, -0.2) is 22.1 Å². The van der Waals surface area contributed by atoms with Gasteiger partial charge < -0.3 is 9.72 Å². The second-order valence-corrected chi connectivity index (χ2v) is 5.73. The largest absolute Gasteiger partial charge is 0.490 e. The van der Waals surface area contributed by atoms with Crippen LogP contribution in [0.15, 0.2) is 33.2 Å². The van der Waals surface area contributed by atoms with Crippen molar-refractivity contribution in [1.29, 1.82) is 0 Å². The molecule has 3 aromatic heterocycles. The summed E-state index contributed by atoms with van der Waals surface area (Å²) in [7, 11) is 1.43. The van der Waals surface area contributed by atoms with E-state index in [1.54, 1.807) is 28.7 Å². The molecule has 0 bridgehead atoms. The minimum absolute atomic E-state index is 0.195. The van der Waals surface area contributed by atoms with Gasteiger partial charge in [-0.2, -0.15) is 11.3 Å². The molecule has 3 heterocycles. The Bertz CT molecular complexity index is 819. The number of thiophene rings is 1. The third-order valence-corrected chi connectivity index (χ3v) is 4.30. The first-order valence-corrected chi connectivity index (χ1v) is 7.88. The fourth-order valence-electron chi connectivity index (χ4n) is 1.67. The van der Waals surface area contributed by atoms with E-state index in [2.05, 4.69) is 20.3 Å². The third kappa shape index (κ3) is 3.09. The lowest BCUT2D eigenvalue weighted by atomic mass is 10.3. The average Bonchev–Trinajstić information content (AvgIpc) is 3.16. The first-order valence-electron chi connectivity index (χ1n) is 6.06. The Morgan fingerprint density at radius 1 is 1.33 bits per heavy atom. The van der Waals surface area contributed by atoms with E-state index in [-0.39, 0.29) is 11.3 Å². The minimum Gasteiger partial charge on any atom is -0.490 e. The molecule has 21 heavy (non-hydrogen) atoms. The topological polar surface area (TPSA) is 67.9 Å². The predicted octanol–water partition coefficient (Wildman–Crippen LogP) is 3.13. The standard InChI is InChI=1S/C14H11N3O2S2/c1-19-11-6-15-12(17-13(11)18)3-2-10-8-21-14(16-10)9-4-5-20-7-9/h2-8H,1H3,(H,15,17,18)/b3-2+. The minimum atomic E-state index is -0.301. The van der Waals surface area contributed by atoms with Gasteiger partial charge >= 0.3 is 0 Å². The van der Waals surface area contributed by atoms with Crippen molar-refractivity contribution in [3.8, 4) is 16.3 Å². The van der Waals surface area contributed by atoms with Crippen molar-refractivity contribution in [3.63, 3.8) is 0 Å². The van der Waals surface area contributed by atoms with Gasteiger partial charge in [-0.15, -0.1) is 11.3 Å². The number of aromatic nitrogens is 3. The van der Waals surface area contributed by atoms with E-state index in [4.69, 9.17) is 4.74 Å². The van der Waals surface area contributed by atoms with Gasteiger partial charge in [0, 0.05) is 16.3 Å². The van der Waals surface area contributed by atoms with E-state index < -0.39 is 0 Å². The zero-order valence-electron chi connectivity index (χ0n) is 11.1. The number of rotatable bonds is 4. The molecule has 3 aromatic rings. The number of aromatic amines is 1. The molecule has 0 fully saturated rings. The van der Waals surface area contributed by atoms with Crippen LogP contribution in [0.5, 0.6) is 5.75 Å². The van der Waals surface area contributed by atoms with Gasteiger partial charge in [0.05, 0.1) is 19.0 Å². The lowest BCUT2D eigenvalue weighted by Gasteiger charge is -1.97. The van der Waals surface area contributed by atoms with Crippen LogP contribution >= 0.6 is 22.7 Å². The first kappa shape index (κ1) is 13.7. The van der Waals surface area contributed by atoms with Crippen LogP contribution < -0.4 is 10.3 Å². The molecule has 0 aliphatic heterocycles. The number of nitrogens with zero attached hydrogens (tertiary/aromatic N) is 2. The molecule has 1 N–H and O–H groups in total. The molecular weight excluding hydrogens is 306 g/mol. The summed E-state index contributed by atoms with van der Waals surface area (Å²) < 4.78 is 4.87. The van der Waals surface area contributed by atoms with Crippen LogP contribution in [0.2, 0.25) is 0 Å². The molecule has 0 saturated carbocycles. The van der Waals surface area contributed by atoms with Gasteiger partial charge in [0.25, 0.3) is 5.56 Å². The number of H-pyrrole nitrogens is 1. The summed E-state index contributed by atoms with van der Waals surface area (Å²) >= 11 is 3.23. The van der Waals surface area contributed by atoms with Crippen molar-refractivity contribution in [3.05, 3.63) is 50.3 Å². The smallest absolute Gasteiger partial charge is 0.293 e. The molecule has 7 heteroatoms. The zero-order chi connectivity index (χ0) is 14.7. The molecule has 0 amide bonds. The monoisotopic (exact) mass is 317 g/mol. The highest BCUT2D eigenvalue weighted by molar-refractivity contribution is 7.14. The van der Waals surface area contributed by atoms with Crippen LogP contribution in [0.4, 0.5) is 0 Å². The Kier molecular flexibility index (Phi) is 3.94. The summed E-state index contributed by atoms with van der Waals surface area (Å²) in [4.78, 5) is 22.8. The molecule has 3 rings (SSSR count). The second kappa shape index (κ2) is 6.02. The van der Waals surface area contributed by atoms with Crippen molar-refractivity contribution in [2.75, 3.05) is 7.11 Å². The summed E-state index contributed by atoms with van der Waals surface area (Å²) in [5.74, 6) is 0.659. The Labute approximate surface area is 128 Å². The Morgan fingerprint density at radius 3 is 2.95 bits per heavy atom. The van der Waals surface area contributed by atoms with Gasteiger partial charge in [0.15, 0.2) is 0 Å². The quantitative estimate of drug-likeness (QED) is 0.802. The van der Waals surface area contributed by atoms with E-state index in [9.17, 15) is 4.79 Å². The Morgan fingerprint density at radius 2 is 2.24 bits per heavy atom. The molecule has 106 valence electrons. The zero-order valence-corrected chi connectivity index (χ0v) is 12.7. The third-order valence-electron chi connectivity index (χ3n) is 2.71. The van der Waals surface area contributed by atoms with Gasteiger partial charge in [-0.05, 0) is 23.6 Å². The van der Waals surface area contributed by atoms with Crippen molar-refractivity contribution >= 4 is 34.8 Å². The van der Waals surface area contributed by atoms with E-state index in [1.165, 1.54) is 13.3 Å². The molecule has 0 saturated heterocycles. The summed E-state index contributed by atoms with van der Waals surface area (Å²) in [5, 5.41) is 7.03. The van der Waals surface area contributed by atoms with E-state index >= 15 is 0 Å². The highest BCUT2D eigenvalue weighted by Crippen LogP contribution is 2.26. The first-order chi connectivity index (χ1) is 10.3. The number of methoxy groups -OCH3 is 1. The van der Waals surface area contributed by atoms with Crippen molar-refractivity contribution in [2.45, 2.75) is 0 Å². The van der Waals surface area contributed by atoms with Crippen LogP contribution in [0.25, 0.3) is 22.7 Å². The maximum absolute atomic E-state index is 11.6. The molecule has 0 radical (unpaired) electrons. The van der Waals surface area contributed by atoms with Gasteiger partial charge in [0.1, 0.15) is 10.8 Å². The number of ether oxygens (including phenoxy) is 1. The fourth-order valence-corrected chi connectivity index (χ4v) is 3.17. The van der Waals surface area contributed by atoms with Crippen LogP contribution in [-0.2, 0) is 0 Å². The van der Waals surface area contributed by atoms with Gasteiger partial charge in [-0.3, -0.25) is 4.79 Å². The molecule has 0 atom stereocenters. The Hall–Kier alpha value is -2.25. The van der Waals surface area contributed by atoms with E-state index in [0.29, 0.717) is 5.82 Å². The average molecular weight is 317 g/mol. The normalized spacial score (nSPS) is 11.1. The van der Waals surface area contributed by atoms with Gasteiger partial charge in [-0.25, -0.2) is 9.97 Å². The van der Waals surface area contributed by atoms with Crippen molar-refractivity contribution in [1.82, 2.24) is 15.0 Å². The predicted molar refractivity (Wildman–Crippen MR) is 85.8 cm³/mol. The molecule has 0 spiro atoms. The molecule has 0 unspecified atom stereocenters. The molecule has 5 nitrogen and oxygen atoms in total. The van der Waals surface area contributed by atoms with Crippen LogP contribution in [0, 0.1) is 0 Å². The summed E-state index contributed by atoms with van der Waals surface area (Å²) in [6.45, 7) is 0. The van der Waals surface area contributed by atoms with Crippen molar-refractivity contribution < 1.29 is 4.74 Å². The lowest BCUT2D eigenvalue weighted by molar-refractivity contribution is 0.406. The lowest BCUT2D eigenvalue weighted by Crippen LogP contribution is -2.11. The van der Waals surface area contributed by atoms with E-state index in [1.807, 2.05) is 22.9 Å². The second-order valence-electron chi connectivity index (χ2n) is 4.09. The number of nitrogens with one attached hydrogen (secondary N) is 1. The highest BCUT2D eigenvalue weighted by Gasteiger charge is 2.03. The summed E-state index contributed by atoms with van der Waals surface area (Å²) in [6, 6.07) is 2.04. The van der Waals surface area contributed by atoms with E-state index in [0.717, 1.165) is 16.3 Å². The molecule has 0 aliphatic carbocycles. The molecular formula is C14H11N3O2S2. The maximum atomic E-state index is 11.6. The SMILES string of the molecule is COc1cnc(/C=C/c2csc(-c3ccsc3)n2)[nH]c1=O. The number of hydrogen-bond donors (Lipinski definition) is 1. The number of hydrogen-bond acceptors (Lipinski definition) is 6. The molecule has 0 aliphatic rings. The van der Waals surface area contributed by atoms with Crippen LogP contribution in [0.3, 0.4) is 0 Å². The number of thiazole rings is 1. The molecule has 0 aromatic carbocycles. The van der Waals surface area contributed by atoms with Gasteiger partial charge in [0.2, 0.25) is 5.75 Å². The van der Waals surface area contributed by atoms with Gasteiger partial charge in [-0.1, -0.05) is 0 Å². The highest BCUT2D eigenvalue weighted by atomic mass is 32.1.